The van der Waals surface area contributed by atoms with Crippen LogP contribution < -0.4 is 5.32 Å². The molecule has 0 radical (unpaired) electrons. The van der Waals surface area contributed by atoms with Crippen LogP contribution in [0.25, 0.3) is 0 Å². The van der Waals surface area contributed by atoms with E-state index < -0.39 is 6.09 Å². The molecule has 1 amide bonds. The predicted octanol–water partition coefficient (Wildman–Crippen LogP) is 0.396. The van der Waals surface area contributed by atoms with Crippen LogP contribution >= 0.6 is 0 Å². The zero-order valence-electron chi connectivity index (χ0n) is 8.17. The summed E-state index contributed by atoms with van der Waals surface area (Å²) >= 11 is 0. The van der Waals surface area contributed by atoms with Crippen molar-refractivity contribution in [3.05, 3.63) is 0 Å². The first kappa shape index (κ1) is 12.2. The number of carbonyl (C=O) groups is 1. The fourth-order valence-corrected chi connectivity index (χ4v) is 0.676. The topological polar surface area (TPSA) is 56.8 Å². The Labute approximate surface area is 78.3 Å². The van der Waals surface area contributed by atoms with Crippen molar-refractivity contribution in [1.29, 1.82) is 0 Å². The maximum Gasteiger partial charge on any atom is 0.407 e. The van der Waals surface area contributed by atoms with Crippen LogP contribution in [-0.4, -0.2) is 46.7 Å². The Hall–Kier alpha value is -0.810. The van der Waals surface area contributed by atoms with Gasteiger partial charge in [0.05, 0.1) is 6.61 Å². The van der Waals surface area contributed by atoms with E-state index in [-0.39, 0.29) is 6.61 Å². The van der Waals surface area contributed by atoms with E-state index in [1.807, 2.05) is 0 Å². The van der Waals surface area contributed by atoms with Crippen molar-refractivity contribution >= 4 is 6.09 Å². The summed E-state index contributed by atoms with van der Waals surface area (Å²) in [4.78, 5) is 10.9. The molecule has 5 nitrogen and oxygen atoms in total. The molecular weight excluding hydrogens is 174 g/mol. The summed E-state index contributed by atoms with van der Waals surface area (Å²) in [6.45, 7) is 1.91. The SMILES string of the molecule is COCCCNC(=O)OCCOC. The molecule has 0 fully saturated rings. The number of rotatable bonds is 7. The Morgan fingerprint density at radius 3 is 2.46 bits per heavy atom. The highest BCUT2D eigenvalue weighted by Gasteiger charge is 1.98. The zero-order chi connectivity index (χ0) is 9.94. The number of hydrogen-bond donors (Lipinski definition) is 1. The van der Waals surface area contributed by atoms with Crippen LogP contribution in [0.15, 0.2) is 0 Å². The number of nitrogens with one attached hydrogen (secondary N) is 1. The van der Waals surface area contributed by atoms with Crippen LogP contribution in [0.5, 0.6) is 0 Å². The van der Waals surface area contributed by atoms with Crippen molar-refractivity contribution in [3.8, 4) is 0 Å². The third-order valence-electron chi connectivity index (χ3n) is 1.32. The van der Waals surface area contributed by atoms with Crippen LogP contribution in [0, 0.1) is 0 Å². The Bertz CT molecular complexity index is 129. The molecule has 13 heavy (non-hydrogen) atoms. The Morgan fingerprint density at radius 2 is 1.85 bits per heavy atom. The molecule has 1 N–H and O–H groups in total. The number of hydrogen-bond acceptors (Lipinski definition) is 4. The van der Waals surface area contributed by atoms with Crippen molar-refractivity contribution in [3.63, 3.8) is 0 Å². The second-order valence-corrected chi connectivity index (χ2v) is 2.40. The standard InChI is InChI=1S/C8H17NO4/c1-11-5-3-4-9-8(10)13-7-6-12-2/h3-7H2,1-2H3,(H,9,10). The third-order valence-corrected chi connectivity index (χ3v) is 1.32. The van der Waals surface area contributed by atoms with E-state index in [0.717, 1.165) is 6.42 Å². The molecular formula is C8H17NO4. The molecule has 0 saturated carbocycles. The molecule has 0 spiro atoms. The average molecular weight is 191 g/mol. The molecule has 0 unspecified atom stereocenters. The van der Waals surface area contributed by atoms with Gasteiger partial charge in [0.15, 0.2) is 0 Å². The number of alkyl carbamates (subject to hydrolysis) is 1. The minimum absolute atomic E-state index is 0.284. The number of methoxy groups -OCH3 is 2. The van der Waals surface area contributed by atoms with Gasteiger partial charge in [0.1, 0.15) is 6.61 Å². The molecule has 0 aromatic heterocycles. The van der Waals surface area contributed by atoms with Gasteiger partial charge in [-0.3, -0.25) is 0 Å². The molecule has 0 saturated heterocycles. The van der Waals surface area contributed by atoms with Crippen LogP contribution in [0.1, 0.15) is 6.42 Å². The molecule has 0 aliphatic carbocycles. The summed E-state index contributed by atoms with van der Waals surface area (Å²) in [6, 6.07) is 0. The maximum absolute atomic E-state index is 10.9. The lowest BCUT2D eigenvalue weighted by molar-refractivity contribution is 0.0979. The van der Waals surface area contributed by atoms with Crippen LogP contribution in [0.4, 0.5) is 4.79 Å². The molecule has 0 rings (SSSR count). The van der Waals surface area contributed by atoms with E-state index >= 15 is 0 Å². The van der Waals surface area contributed by atoms with E-state index in [4.69, 9.17) is 14.2 Å². The van der Waals surface area contributed by atoms with Crippen molar-refractivity contribution in [2.45, 2.75) is 6.42 Å². The minimum atomic E-state index is -0.409. The van der Waals surface area contributed by atoms with Gasteiger partial charge in [-0.1, -0.05) is 0 Å². The van der Waals surface area contributed by atoms with Gasteiger partial charge in [-0.05, 0) is 6.42 Å². The van der Waals surface area contributed by atoms with Gasteiger partial charge in [0, 0.05) is 27.4 Å². The Balaban J connectivity index is 3.11. The van der Waals surface area contributed by atoms with E-state index in [1.54, 1.807) is 14.2 Å². The molecule has 0 aromatic rings. The summed E-state index contributed by atoms with van der Waals surface area (Å²) in [5.74, 6) is 0. The summed E-state index contributed by atoms with van der Waals surface area (Å²) in [6.07, 6.45) is 0.378. The monoisotopic (exact) mass is 191 g/mol. The lowest BCUT2D eigenvalue weighted by atomic mass is 10.4. The highest BCUT2D eigenvalue weighted by atomic mass is 16.6. The first-order chi connectivity index (χ1) is 6.31. The summed E-state index contributed by atoms with van der Waals surface area (Å²) in [5.41, 5.74) is 0. The van der Waals surface area contributed by atoms with Gasteiger partial charge < -0.3 is 19.5 Å². The highest BCUT2D eigenvalue weighted by molar-refractivity contribution is 5.66. The second-order valence-electron chi connectivity index (χ2n) is 2.40. The third kappa shape index (κ3) is 9.10. The second kappa shape index (κ2) is 9.28. The maximum atomic E-state index is 10.9. The number of ether oxygens (including phenoxy) is 3. The van der Waals surface area contributed by atoms with Crippen LogP contribution in [0.2, 0.25) is 0 Å². The van der Waals surface area contributed by atoms with E-state index in [9.17, 15) is 4.79 Å². The minimum Gasteiger partial charge on any atom is -0.447 e. The van der Waals surface area contributed by atoms with Crippen molar-refractivity contribution in [2.24, 2.45) is 0 Å². The summed E-state index contributed by atoms with van der Waals surface area (Å²) < 4.78 is 14.3. The molecule has 0 bridgehead atoms. The predicted molar refractivity (Wildman–Crippen MR) is 47.7 cm³/mol. The van der Waals surface area contributed by atoms with Gasteiger partial charge in [-0.2, -0.15) is 0 Å². The smallest absolute Gasteiger partial charge is 0.407 e. The van der Waals surface area contributed by atoms with E-state index in [1.165, 1.54) is 0 Å². The average Bonchev–Trinajstić information content (AvgIpc) is 2.13. The van der Waals surface area contributed by atoms with Crippen LogP contribution in [0.3, 0.4) is 0 Å². The van der Waals surface area contributed by atoms with Crippen molar-refractivity contribution in [2.75, 3.05) is 40.6 Å². The zero-order valence-corrected chi connectivity index (χ0v) is 8.17. The number of carbonyl (C=O) groups excluding carboxylic acids is 1. The first-order valence-corrected chi connectivity index (χ1v) is 4.19. The van der Waals surface area contributed by atoms with Gasteiger partial charge >= 0.3 is 6.09 Å². The fourth-order valence-electron chi connectivity index (χ4n) is 0.676. The van der Waals surface area contributed by atoms with Gasteiger partial charge in [-0.25, -0.2) is 4.79 Å². The molecule has 78 valence electrons. The first-order valence-electron chi connectivity index (χ1n) is 4.19. The number of amides is 1. The molecule has 5 heteroatoms. The lowest BCUT2D eigenvalue weighted by Gasteiger charge is -2.05. The Kier molecular flexibility index (Phi) is 8.70. The summed E-state index contributed by atoms with van der Waals surface area (Å²) in [5, 5.41) is 2.58. The van der Waals surface area contributed by atoms with Crippen molar-refractivity contribution < 1.29 is 19.0 Å². The van der Waals surface area contributed by atoms with Gasteiger partial charge in [0.2, 0.25) is 0 Å². The normalized spacial score (nSPS) is 9.69. The quantitative estimate of drug-likeness (QED) is 0.592. The summed E-state index contributed by atoms with van der Waals surface area (Å²) in [7, 11) is 3.18. The van der Waals surface area contributed by atoms with E-state index in [0.29, 0.717) is 19.8 Å². The fraction of sp³-hybridized carbons (Fsp3) is 0.875. The Morgan fingerprint density at radius 1 is 1.15 bits per heavy atom. The van der Waals surface area contributed by atoms with Gasteiger partial charge in [-0.15, -0.1) is 0 Å². The van der Waals surface area contributed by atoms with E-state index in [2.05, 4.69) is 5.32 Å². The van der Waals surface area contributed by atoms with Crippen LogP contribution in [-0.2, 0) is 14.2 Å². The molecule has 0 heterocycles. The molecule has 0 aliphatic rings. The molecule has 0 aliphatic heterocycles. The highest BCUT2D eigenvalue weighted by Crippen LogP contribution is 1.81. The molecule has 0 aromatic carbocycles. The van der Waals surface area contributed by atoms with Crippen molar-refractivity contribution in [1.82, 2.24) is 5.32 Å². The van der Waals surface area contributed by atoms with Gasteiger partial charge in [0.25, 0.3) is 0 Å². The molecule has 0 atom stereocenters. The largest absolute Gasteiger partial charge is 0.447 e. The lowest BCUT2D eigenvalue weighted by Crippen LogP contribution is -2.27.